The van der Waals surface area contributed by atoms with Gasteiger partial charge in [-0.05, 0) is 121 Å². The number of likely N-dealkylation sites (tertiary alicyclic amines) is 2. The number of aromatic nitrogens is 2. The maximum Gasteiger partial charge on any atom is 0.326 e. The monoisotopic (exact) mass is 1610 g/mol. The molecule has 1 aromatic carbocycles. The molecule has 3 aliphatic rings. The topological polar surface area (TPSA) is 631 Å². The summed E-state index contributed by atoms with van der Waals surface area (Å²) in [5, 5.41) is 51.8. The van der Waals surface area contributed by atoms with Crippen molar-refractivity contribution in [1.29, 1.82) is 0 Å². The molecule has 3 fully saturated rings. The number of aliphatic hydroxyl groups excluding tert-OH is 1. The predicted molar refractivity (Wildman–Crippen MR) is 421 cm³/mol. The van der Waals surface area contributed by atoms with E-state index in [2.05, 4.69) is 96.9 Å². The summed E-state index contributed by atoms with van der Waals surface area (Å²) >= 11 is 0. The lowest BCUT2D eigenvalue weighted by atomic mass is 10.0. The minimum absolute atomic E-state index is 0.00979. The molecule has 115 heavy (non-hydrogen) atoms. The number of nitrogens with one attached hydrogen (secondary N) is 13. The molecule has 5 rings (SSSR count). The Kier molecular flexibility index (Phi) is 40.2. The zero-order valence-electron chi connectivity index (χ0n) is 65.6. The molecular weight excluding hydrogens is 1490 g/mol. The number of unbranched alkanes of at least 4 members (excludes halogenated alkanes) is 2. The number of benzene rings is 1. The Hall–Kier alpha value is -11.6. The van der Waals surface area contributed by atoms with E-state index in [4.69, 9.17) is 28.7 Å². The molecule has 0 spiro atoms. The van der Waals surface area contributed by atoms with Crippen LogP contribution >= 0.6 is 0 Å². The summed E-state index contributed by atoms with van der Waals surface area (Å²) in [6.45, 7) is 11.4. The van der Waals surface area contributed by atoms with Crippen LogP contribution in [0.1, 0.15) is 154 Å². The van der Waals surface area contributed by atoms with Crippen LogP contribution in [0.3, 0.4) is 0 Å². The van der Waals surface area contributed by atoms with Gasteiger partial charge in [0.2, 0.25) is 82.7 Å². The van der Waals surface area contributed by atoms with Gasteiger partial charge in [-0.1, -0.05) is 76.1 Å². The highest BCUT2D eigenvalue weighted by molar-refractivity contribution is 6.01. The number of nitrogens with two attached hydrogens (primary N) is 5. The van der Waals surface area contributed by atoms with Crippen molar-refractivity contribution in [3.05, 3.63) is 79.4 Å². The van der Waals surface area contributed by atoms with E-state index >= 15 is 0 Å². The number of rotatable bonds is 51. The summed E-state index contributed by atoms with van der Waals surface area (Å²) in [7, 11) is 0. The lowest BCUT2D eigenvalue weighted by Gasteiger charge is -2.31. The molecule has 0 aliphatic carbocycles. The van der Waals surface area contributed by atoms with Crippen LogP contribution in [0.5, 0.6) is 0 Å². The molecule has 3 saturated heterocycles. The molecule has 4 heterocycles. The van der Waals surface area contributed by atoms with E-state index in [0.717, 1.165) is 0 Å². The van der Waals surface area contributed by atoms with Gasteiger partial charge in [0.15, 0.2) is 11.9 Å². The fraction of sp³-hybridized carbons (Fsp3) is 0.600. The van der Waals surface area contributed by atoms with Crippen molar-refractivity contribution in [1.82, 2.24) is 83.6 Å². The van der Waals surface area contributed by atoms with E-state index in [9.17, 15) is 82.1 Å². The number of aliphatic carboxylic acids is 1. The summed E-state index contributed by atoms with van der Waals surface area (Å²) in [5.41, 5.74) is 28.9. The SMILES string of the molecule is C=CC[C@H](NC(=O)[C@H](Cc1ccccc1)NC(=O)[C@@H]1CCCN1C(=O)[C@H](CCCC)NC(=O)[C@H](CC=C)NC(=O)CNC(=O)[C@H](CCCCN)NC(=O)[C@H](Cc1cnc[nH]1)NC(=O)[C@H](CO)NC(=O)[C@H](CC(C)C)NC(=O)[C@H](CCCN=C(N)N)NC(=O)[C@@H]1CCCN1C(=O)[C@H](CCCN=C(N)N)NC(=O)[C@@H]1CCC(=O)N1)C(=O)O. The van der Waals surface area contributed by atoms with E-state index in [1.54, 1.807) is 44.2 Å². The number of carboxylic acid groups (broad SMARTS) is 1. The molecular formula is C75H117N23O17. The smallest absolute Gasteiger partial charge is 0.326 e. The molecule has 40 heteroatoms. The van der Waals surface area contributed by atoms with Crippen LogP contribution in [0.4, 0.5) is 0 Å². The number of aromatic amines is 1. The van der Waals surface area contributed by atoms with Gasteiger partial charge in [-0.15, -0.1) is 13.2 Å². The van der Waals surface area contributed by atoms with Crippen molar-refractivity contribution >= 4 is 101 Å². The van der Waals surface area contributed by atoms with Crippen LogP contribution in [-0.2, 0) is 84.8 Å². The van der Waals surface area contributed by atoms with Gasteiger partial charge in [0.05, 0.1) is 19.5 Å². The number of H-pyrrole nitrogens is 1. The van der Waals surface area contributed by atoms with Gasteiger partial charge >= 0.3 is 5.97 Å². The molecule has 1 aromatic heterocycles. The summed E-state index contributed by atoms with van der Waals surface area (Å²) in [4.78, 5) is 226. The molecule has 0 radical (unpaired) electrons. The normalized spacial score (nSPS) is 17.6. The Balaban J connectivity index is 1.27. The van der Waals surface area contributed by atoms with E-state index in [-0.39, 0.29) is 159 Å². The maximum atomic E-state index is 14.5. The van der Waals surface area contributed by atoms with Gasteiger partial charge in [0.25, 0.3) is 0 Å². The first-order valence-corrected chi connectivity index (χ1v) is 39.0. The van der Waals surface area contributed by atoms with Crippen molar-refractivity contribution in [2.45, 2.75) is 234 Å². The molecule has 0 bridgehead atoms. The summed E-state index contributed by atoms with van der Waals surface area (Å²) in [6, 6.07) is -8.32. The first kappa shape index (κ1) is 94.0. The first-order chi connectivity index (χ1) is 54.9. The number of nitrogens with zero attached hydrogens (tertiary/aromatic N) is 5. The zero-order valence-corrected chi connectivity index (χ0v) is 65.6. The van der Waals surface area contributed by atoms with Crippen molar-refractivity contribution in [3.8, 4) is 0 Å². The number of carbonyl (C=O) groups excluding carboxylic acids is 14. The second kappa shape index (κ2) is 49.1. The van der Waals surface area contributed by atoms with Crippen molar-refractivity contribution < 1.29 is 82.1 Å². The average Bonchev–Trinajstić information content (AvgIpc) is 1.61. The van der Waals surface area contributed by atoms with Crippen LogP contribution in [0.25, 0.3) is 0 Å². The molecule has 634 valence electrons. The van der Waals surface area contributed by atoms with Crippen LogP contribution in [0, 0.1) is 5.92 Å². The zero-order chi connectivity index (χ0) is 84.7. The predicted octanol–water partition coefficient (Wildman–Crippen LogP) is -4.88. The number of hydrogen-bond acceptors (Lipinski definition) is 20. The molecule has 25 N–H and O–H groups in total. The Morgan fingerprint density at radius 3 is 1.59 bits per heavy atom. The van der Waals surface area contributed by atoms with Gasteiger partial charge in [-0.3, -0.25) is 77.1 Å². The lowest BCUT2D eigenvalue weighted by Crippen LogP contribution is -2.61. The second-order valence-electron chi connectivity index (χ2n) is 28.9. The number of carboxylic acids is 1. The van der Waals surface area contributed by atoms with Crippen LogP contribution in [-0.4, -0.2) is 255 Å². The molecule has 0 saturated carbocycles. The number of hydrogen-bond donors (Lipinski definition) is 20. The number of guanidine groups is 2. The van der Waals surface area contributed by atoms with Gasteiger partial charge in [-0.2, -0.15) is 0 Å². The average molecular weight is 1610 g/mol. The summed E-state index contributed by atoms with van der Waals surface area (Å²) < 4.78 is 0. The minimum atomic E-state index is -1.79. The number of carbonyl (C=O) groups is 15. The number of amides is 14. The highest BCUT2D eigenvalue weighted by Crippen LogP contribution is 2.24. The highest BCUT2D eigenvalue weighted by Gasteiger charge is 2.43. The molecule has 2 aromatic rings. The summed E-state index contributed by atoms with van der Waals surface area (Å²) in [5.74, 6) is -12.9. The fourth-order valence-corrected chi connectivity index (χ4v) is 13.3. The third kappa shape index (κ3) is 31.7. The van der Waals surface area contributed by atoms with Crippen LogP contribution in [0.2, 0.25) is 0 Å². The summed E-state index contributed by atoms with van der Waals surface area (Å²) in [6.07, 6.45) is 8.20. The number of aliphatic imine (C=N–C) groups is 2. The van der Waals surface area contributed by atoms with Crippen LogP contribution < -0.4 is 92.5 Å². The van der Waals surface area contributed by atoms with Crippen molar-refractivity contribution in [2.24, 2.45) is 44.6 Å². The third-order valence-electron chi connectivity index (χ3n) is 19.3. The Morgan fingerprint density at radius 2 is 1.05 bits per heavy atom. The molecule has 3 aliphatic heterocycles. The minimum Gasteiger partial charge on any atom is -0.480 e. The lowest BCUT2D eigenvalue weighted by molar-refractivity contribution is -0.143. The van der Waals surface area contributed by atoms with Gasteiger partial charge in [0.1, 0.15) is 78.5 Å². The van der Waals surface area contributed by atoms with E-state index in [1.165, 1.54) is 34.5 Å². The van der Waals surface area contributed by atoms with Crippen LogP contribution in [0.15, 0.2) is 78.2 Å². The van der Waals surface area contributed by atoms with Gasteiger partial charge < -0.3 is 117 Å². The van der Waals surface area contributed by atoms with E-state index < -0.39 is 174 Å². The second-order valence-corrected chi connectivity index (χ2v) is 28.9. The Bertz CT molecular complexity index is 3710. The largest absolute Gasteiger partial charge is 0.480 e. The highest BCUT2D eigenvalue weighted by atomic mass is 16.4. The standard InChI is InChI=1S/C75H117N23O17/c1-6-9-23-50(71(112)98-35-18-28-58(98)70(111)95-54(37-44-21-11-10-12-22-44)66(107)92-52(20-8-3)73(114)115)90-62(103)46(19-7-2)87-60(101)40-84-61(102)47(24-13-14-31-76)88-67(108)55(38-45-39-81-42-85-45)94-68(109)56(41-99)96-65(106)53(36-43(4)5)93-63(104)48(25-15-32-82-74(77)78)89-69(110)57-27-17-34-97(57)72(113)51(26-16-33-83-75(79)80)91-64(105)49-29-30-59(100)86-49/h7-8,10-12,21-22,39,42-43,46-58,99H,2-3,6,9,13-20,23-38,40-41,76H2,1,4-5H3,(H,81,85)(H,84,102)(H,86,100)(H,87,101)(H,88,108)(H,89,110)(H,90,103)(H,91,105)(H,92,107)(H,93,104)(H,94,109)(H,95,111)(H,96,106)(H,114,115)(H4,77,78,82)(H4,79,80,83)/t46-,47-,48-,49-,50-,51-,52-,53-,54-,55-,56-,57-,58-/m0/s1. The number of aliphatic hydroxyl groups is 1. The third-order valence-corrected chi connectivity index (χ3v) is 19.3. The van der Waals surface area contributed by atoms with E-state index in [1.807, 2.05) is 6.92 Å². The molecule has 40 nitrogen and oxygen atoms in total. The quantitative estimate of drug-likeness (QED) is 0.0128. The molecule has 0 unspecified atom stereocenters. The van der Waals surface area contributed by atoms with Crippen molar-refractivity contribution in [3.63, 3.8) is 0 Å². The molecule has 14 amide bonds. The van der Waals surface area contributed by atoms with Crippen molar-refractivity contribution in [2.75, 3.05) is 45.9 Å². The van der Waals surface area contributed by atoms with Gasteiger partial charge in [0, 0.05) is 57.3 Å². The molecule has 13 atom stereocenters. The fourth-order valence-electron chi connectivity index (χ4n) is 13.3. The maximum absolute atomic E-state index is 14.5. The first-order valence-electron chi connectivity index (χ1n) is 39.0. The van der Waals surface area contributed by atoms with Gasteiger partial charge in [-0.25, -0.2) is 9.78 Å². The number of imidazole rings is 1. The Morgan fingerprint density at radius 1 is 0.574 bits per heavy atom. The Labute approximate surface area is 667 Å². The van der Waals surface area contributed by atoms with E-state index in [0.29, 0.717) is 43.4 Å².